The predicted octanol–water partition coefficient (Wildman–Crippen LogP) is 2.85. The van der Waals surface area contributed by atoms with Gasteiger partial charge < -0.3 is 24.6 Å². The van der Waals surface area contributed by atoms with E-state index >= 15 is 0 Å². The Labute approximate surface area is 199 Å². The van der Waals surface area contributed by atoms with Gasteiger partial charge in [0, 0.05) is 26.2 Å². The van der Waals surface area contributed by atoms with Crippen molar-refractivity contribution >= 4 is 17.4 Å². The fraction of sp³-hybridized carbons (Fsp3) is 0.385. The first-order chi connectivity index (χ1) is 16.4. The van der Waals surface area contributed by atoms with Crippen molar-refractivity contribution in [1.82, 2.24) is 9.80 Å². The van der Waals surface area contributed by atoms with Gasteiger partial charge in [0.05, 0.1) is 37.5 Å². The summed E-state index contributed by atoms with van der Waals surface area (Å²) < 4.78 is 10.6. The van der Waals surface area contributed by atoms with E-state index in [2.05, 4.69) is 4.90 Å². The van der Waals surface area contributed by atoms with E-state index in [-0.39, 0.29) is 22.6 Å². The number of likely N-dealkylation sites (tertiary alicyclic amines) is 1. The van der Waals surface area contributed by atoms with Gasteiger partial charge in [0.25, 0.3) is 11.7 Å². The van der Waals surface area contributed by atoms with Crippen LogP contribution in [0.3, 0.4) is 0 Å². The van der Waals surface area contributed by atoms with Gasteiger partial charge in [-0.15, -0.1) is 0 Å². The monoisotopic (exact) mass is 466 g/mol. The SMILES string of the molecule is COc1ccc(C2C(=C(O)c3cc(C)ccc3O)C(=O)C(=O)N2CCCN2CCOCC2)cc1. The number of morpholine rings is 1. The fourth-order valence-corrected chi connectivity index (χ4v) is 4.52. The van der Waals surface area contributed by atoms with Crippen LogP contribution in [0.1, 0.15) is 29.2 Å². The number of methoxy groups -OCH3 is 1. The molecule has 2 aromatic rings. The number of Topliss-reactive ketones (excluding diaryl/α,β-unsaturated/α-hetero) is 1. The Morgan fingerprint density at radius 3 is 2.47 bits per heavy atom. The van der Waals surface area contributed by atoms with Crippen molar-refractivity contribution < 1.29 is 29.3 Å². The molecule has 0 spiro atoms. The molecule has 180 valence electrons. The molecule has 4 rings (SSSR count). The molecule has 2 fully saturated rings. The smallest absolute Gasteiger partial charge is 0.295 e. The normalized spacial score (nSPS) is 20.6. The number of hydrogen-bond donors (Lipinski definition) is 2. The predicted molar refractivity (Wildman–Crippen MR) is 127 cm³/mol. The number of aromatic hydroxyl groups is 1. The van der Waals surface area contributed by atoms with E-state index in [1.807, 2.05) is 6.92 Å². The lowest BCUT2D eigenvalue weighted by Crippen LogP contribution is -2.38. The molecule has 2 heterocycles. The molecule has 2 aliphatic heterocycles. The van der Waals surface area contributed by atoms with Crippen LogP contribution in [-0.2, 0) is 14.3 Å². The number of rotatable bonds is 7. The lowest BCUT2D eigenvalue weighted by Gasteiger charge is -2.29. The molecular weight excluding hydrogens is 436 g/mol. The van der Waals surface area contributed by atoms with E-state index in [4.69, 9.17) is 9.47 Å². The van der Waals surface area contributed by atoms with Crippen molar-refractivity contribution in [1.29, 1.82) is 0 Å². The molecule has 34 heavy (non-hydrogen) atoms. The fourth-order valence-electron chi connectivity index (χ4n) is 4.52. The highest BCUT2D eigenvalue weighted by Gasteiger charge is 2.46. The molecule has 2 N–H and O–H groups in total. The van der Waals surface area contributed by atoms with E-state index in [1.54, 1.807) is 43.5 Å². The van der Waals surface area contributed by atoms with Crippen LogP contribution in [0, 0.1) is 6.92 Å². The van der Waals surface area contributed by atoms with E-state index < -0.39 is 17.7 Å². The summed E-state index contributed by atoms with van der Waals surface area (Å²) in [4.78, 5) is 30.0. The number of ether oxygens (including phenoxy) is 2. The summed E-state index contributed by atoms with van der Waals surface area (Å²) in [6.45, 7) is 6.02. The number of carbonyl (C=O) groups is 2. The molecule has 8 heteroatoms. The zero-order chi connectivity index (χ0) is 24.2. The second-order valence-electron chi connectivity index (χ2n) is 8.59. The minimum absolute atomic E-state index is 0.0255. The maximum Gasteiger partial charge on any atom is 0.295 e. The number of benzene rings is 2. The van der Waals surface area contributed by atoms with Gasteiger partial charge in [-0.3, -0.25) is 14.5 Å². The Kier molecular flexibility index (Phi) is 7.19. The Hall–Kier alpha value is -3.36. The number of nitrogens with zero attached hydrogens (tertiary/aromatic N) is 2. The number of aliphatic hydroxyl groups is 1. The molecule has 2 aliphatic rings. The molecule has 2 saturated heterocycles. The number of aliphatic hydroxyl groups excluding tert-OH is 1. The summed E-state index contributed by atoms with van der Waals surface area (Å²) in [6, 6.07) is 11.1. The zero-order valence-corrected chi connectivity index (χ0v) is 19.5. The second kappa shape index (κ2) is 10.3. The summed E-state index contributed by atoms with van der Waals surface area (Å²) in [5.74, 6) is -1.31. The first-order valence-electron chi connectivity index (χ1n) is 11.4. The third-order valence-electron chi connectivity index (χ3n) is 6.36. The average Bonchev–Trinajstić information content (AvgIpc) is 3.11. The van der Waals surface area contributed by atoms with Crippen LogP contribution in [-0.4, -0.2) is 78.2 Å². The van der Waals surface area contributed by atoms with Crippen molar-refractivity contribution in [3.8, 4) is 11.5 Å². The number of aryl methyl sites for hydroxylation is 1. The quantitative estimate of drug-likeness (QED) is 0.368. The third-order valence-corrected chi connectivity index (χ3v) is 6.36. The molecule has 0 radical (unpaired) electrons. The molecule has 1 amide bonds. The summed E-state index contributed by atoms with van der Waals surface area (Å²) in [5, 5.41) is 21.5. The molecule has 0 bridgehead atoms. The molecule has 1 atom stereocenters. The molecule has 2 aromatic carbocycles. The number of hydrogen-bond acceptors (Lipinski definition) is 7. The Bertz CT molecular complexity index is 1090. The van der Waals surface area contributed by atoms with E-state index in [0.717, 1.165) is 25.2 Å². The minimum atomic E-state index is -0.768. The molecule has 0 saturated carbocycles. The van der Waals surface area contributed by atoms with Gasteiger partial charge in [0.15, 0.2) is 0 Å². The second-order valence-corrected chi connectivity index (χ2v) is 8.59. The van der Waals surface area contributed by atoms with Crippen LogP contribution < -0.4 is 4.74 Å². The van der Waals surface area contributed by atoms with Crippen LogP contribution >= 0.6 is 0 Å². The molecular formula is C26H30N2O6. The molecule has 8 nitrogen and oxygen atoms in total. The van der Waals surface area contributed by atoms with Crippen molar-refractivity contribution in [3.63, 3.8) is 0 Å². The summed E-state index contributed by atoms with van der Waals surface area (Å²) in [7, 11) is 1.56. The van der Waals surface area contributed by atoms with E-state index in [9.17, 15) is 19.8 Å². The lowest BCUT2D eigenvalue weighted by molar-refractivity contribution is -0.140. The van der Waals surface area contributed by atoms with Crippen LogP contribution in [0.2, 0.25) is 0 Å². The van der Waals surface area contributed by atoms with Crippen molar-refractivity contribution in [2.24, 2.45) is 0 Å². The largest absolute Gasteiger partial charge is 0.507 e. The van der Waals surface area contributed by atoms with Crippen LogP contribution in [0.15, 0.2) is 48.0 Å². The Balaban J connectivity index is 1.70. The van der Waals surface area contributed by atoms with Gasteiger partial charge in [0.2, 0.25) is 0 Å². The summed E-state index contributed by atoms with van der Waals surface area (Å²) in [5.41, 5.74) is 1.59. The van der Waals surface area contributed by atoms with Gasteiger partial charge >= 0.3 is 0 Å². The van der Waals surface area contributed by atoms with Gasteiger partial charge in [0.1, 0.15) is 17.3 Å². The van der Waals surface area contributed by atoms with Crippen LogP contribution in [0.25, 0.3) is 5.76 Å². The topological polar surface area (TPSA) is 99.5 Å². The minimum Gasteiger partial charge on any atom is -0.507 e. The number of amides is 1. The van der Waals surface area contributed by atoms with Gasteiger partial charge in [-0.1, -0.05) is 23.8 Å². The van der Waals surface area contributed by atoms with Crippen LogP contribution in [0.4, 0.5) is 0 Å². The third kappa shape index (κ3) is 4.78. The Morgan fingerprint density at radius 1 is 1.09 bits per heavy atom. The summed E-state index contributed by atoms with van der Waals surface area (Å²) in [6.07, 6.45) is 0.676. The maximum absolute atomic E-state index is 13.2. The number of phenolic OH excluding ortho intramolecular Hbond substituents is 1. The lowest BCUT2D eigenvalue weighted by atomic mass is 9.94. The highest BCUT2D eigenvalue weighted by Crippen LogP contribution is 2.41. The standard InChI is InChI=1S/C26H30N2O6/c1-17-4-9-21(29)20(16-17)24(30)22-23(18-5-7-19(33-2)8-6-18)28(26(32)25(22)31)11-3-10-27-12-14-34-15-13-27/h4-9,16,23,29-30H,3,10-15H2,1-2H3. The highest BCUT2D eigenvalue weighted by atomic mass is 16.5. The highest BCUT2D eigenvalue weighted by molar-refractivity contribution is 6.46. The summed E-state index contributed by atoms with van der Waals surface area (Å²) >= 11 is 0. The van der Waals surface area contributed by atoms with Crippen molar-refractivity contribution in [2.45, 2.75) is 19.4 Å². The average molecular weight is 467 g/mol. The van der Waals surface area contributed by atoms with Gasteiger partial charge in [-0.2, -0.15) is 0 Å². The van der Waals surface area contributed by atoms with Crippen LogP contribution in [0.5, 0.6) is 11.5 Å². The first-order valence-corrected chi connectivity index (χ1v) is 11.4. The Morgan fingerprint density at radius 2 is 1.79 bits per heavy atom. The number of phenols is 1. The maximum atomic E-state index is 13.2. The number of ketones is 1. The van der Waals surface area contributed by atoms with Gasteiger partial charge in [-0.05, 0) is 43.2 Å². The number of carbonyl (C=O) groups excluding carboxylic acids is 2. The van der Waals surface area contributed by atoms with Crippen molar-refractivity contribution in [3.05, 3.63) is 64.7 Å². The zero-order valence-electron chi connectivity index (χ0n) is 19.5. The van der Waals surface area contributed by atoms with Gasteiger partial charge in [-0.25, -0.2) is 0 Å². The molecule has 1 unspecified atom stereocenters. The van der Waals surface area contributed by atoms with Crippen molar-refractivity contribution in [2.75, 3.05) is 46.5 Å². The van der Waals surface area contributed by atoms with E-state index in [0.29, 0.717) is 37.5 Å². The van der Waals surface area contributed by atoms with E-state index in [1.165, 1.54) is 11.0 Å². The molecule has 0 aliphatic carbocycles. The molecule has 0 aromatic heterocycles. The first kappa shape index (κ1) is 23.8.